The van der Waals surface area contributed by atoms with Crippen LogP contribution in [-0.4, -0.2) is 66.0 Å². The van der Waals surface area contributed by atoms with E-state index in [1.54, 1.807) is 88.4 Å². The van der Waals surface area contributed by atoms with Crippen molar-refractivity contribution in [3.63, 3.8) is 0 Å². The van der Waals surface area contributed by atoms with Gasteiger partial charge >= 0.3 is 11.9 Å². The Morgan fingerprint density at radius 2 is 1.11 bits per heavy atom. The van der Waals surface area contributed by atoms with Gasteiger partial charge in [-0.15, -0.1) is 0 Å². The van der Waals surface area contributed by atoms with Gasteiger partial charge < -0.3 is 30.6 Å². The minimum Gasteiger partial charge on any atom is -0.478 e. The van der Waals surface area contributed by atoms with Crippen molar-refractivity contribution in [2.45, 2.75) is 91.1 Å². The molecule has 2 aromatic rings. The molecule has 6 N–H and O–H groups in total. The average Bonchev–Trinajstić information content (AvgIpc) is 2.80. The molecule has 0 saturated carbocycles. The number of aliphatic hydroxyl groups excluding tert-OH is 2. The van der Waals surface area contributed by atoms with E-state index < -0.39 is 35.3 Å². The molecule has 37 heavy (non-hydrogen) atoms. The zero-order chi connectivity index (χ0) is 29.2. The van der Waals surface area contributed by atoms with Crippen LogP contribution in [0.5, 0.6) is 0 Å². The Morgan fingerprint density at radius 3 is 1.24 bits per heavy atom. The zero-order valence-corrected chi connectivity index (χ0v) is 23.1. The highest BCUT2D eigenvalue weighted by atomic mass is 16.4. The lowest BCUT2D eigenvalue weighted by Gasteiger charge is -2.35. The van der Waals surface area contributed by atoms with Gasteiger partial charge in [0.05, 0.1) is 34.5 Å². The molecule has 8 heteroatoms. The monoisotopic (exact) mass is 522 g/mol. The van der Waals surface area contributed by atoms with E-state index in [2.05, 4.69) is 0 Å². The summed E-state index contributed by atoms with van der Waals surface area (Å²) >= 11 is 0. The van der Waals surface area contributed by atoms with E-state index in [-0.39, 0.29) is 0 Å². The fraction of sp³-hybridized carbons (Fsp3) is 0.517. The molecule has 0 fully saturated rings. The third-order valence-corrected chi connectivity index (χ3v) is 5.37. The Kier molecular flexibility index (Phi) is 18.2. The third kappa shape index (κ3) is 18.2. The van der Waals surface area contributed by atoms with Gasteiger partial charge in [0.25, 0.3) is 0 Å². The van der Waals surface area contributed by atoms with E-state index in [0.717, 1.165) is 6.42 Å². The maximum atomic E-state index is 10.2. The maximum Gasteiger partial charge on any atom is 0.335 e. The average molecular weight is 523 g/mol. The lowest BCUT2D eigenvalue weighted by atomic mass is 9.84. The van der Waals surface area contributed by atoms with Crippen LogP contribution in [0.1, 0.15) is 88.4 Å². The molecule has 0 aromatic heterocycles. The predicted molar refractivity (Wildman–Crippen MR) is 146 cm³/mol. The molecule has 0 spiro atoms. The van der Waals surface area contributed by atoms with E-state index in [9.17, 15) is 19.8 Å². The van der Waals surface area contributed by atoms with Crippen molar-refractivity contribution >= 4 is 11.9 Å². The van der Waals surface area contributed by atoms with Gasteiger partial charge in [-0.3, -0.25) is 0 Å². The highest BCUT2D eigenvalue weighted by Crippen LogP contribution is 2.25. The third-order valence-electron chi connectivity index (χ3n) is 5.37. The van der Waals surface area contributed by atoms with Gasteiger partial charge in [0.15, 0.2) is 0 Å². The molecule has 3 unspecified atom stereocenters. The number of aromatic carboxylic acids is 2. The molecular formula is C29H46O8. The van der Waals surface area contributed by atoms with Crippen LogP contribution >= 0.6 is 0 Å². The standard InChI is InChI=1S/C8H18O2.2C7H6O2.C7H16O2/c1-5-6-8(4,10)7(2,3)9;2*8-7(9)6-4-2-1-3-5-6;1-5(2)4-7(9)6(3)8/h9-10H,5-6H2,1-4H3;2*1-5H,(H,8,9);5-9H,4H2,1-3H3. The first-order valence-electron chi connectivity index (χ1n) is 12.3. The summed E-state index contributed by atoms with van der Waals surface area (Å²) < 4.78 is 0. The van der Waals surface area contributed by atoms with Gasteiger partial charge in [0.2, 0.25) is 0 Å². The number of rotatable bonds is 8. The summed E-state index contributed by atoms with van der Waals surface area (Å²) in [6.07, 6.45) is 1.06. The summed E-state index contributed by atoms with van der Waals surface area (Å²) in [4.78, 5) is 20.4. The Balaban J connectivity index is 0. The van der Waals surface area contributed by atoms with Gasteiger partial charge in [-0.25, -0.2) is 9.59 Å². The smallest absolute Gasteiger partial charge is 0.335 e. The molecule has 2 aromatic carbocycles. The fourth-order valence-corrected chi connectivity index (χ4v) is 2.63. The molecule has 0 saturated heterocycles. The van der Waals surface area contributed by atoms with Crippen LogP contribution in [0.2, 0.25) is 0 Å². The summed E-state index contributed by atoms with van der Waals surface area (Å²) in [5.41, 5.74) is -1.29. The molecule has 0 aliphatic carbocycles. The molecule has 2 rings (SSSR count). The largest absolute Gasteiger partial charge is 0.478 e. The first-order valence-corrected chi connectivity index (χ1v) is 12.3. The lowest BCUT2D eigenvalue weighted by molar-refractivity contribution is -0.123. The van der Waals surface area contributed by atoms with Crippen LogP contribution in [0.3, 0.4) is 0 Å². The van der Waals surface area contributed by atoms with Crippen molar-refractivity contribution in [2.24, 2.45) is 5.92 Å². The van der Waals surface area contributed by atoms with Crippen molar-refractivity contribution in [1.29, 1.82) is 0 Å². The summed E-state index contributed by atoms with van der Waals surface area (Å²) in [6, 6.07) is 16.6. The summed E-state index contributed by atoms with van der Waals surface area (Å²) in [5.74, 6) is -1.30. The second-order valence-electron chi connectivity index (χ2n) is 9.86. The van der Waals surface area contributed by atoms with E-state index >= 15 is 0 Å². The van der Waals surface area contributed by atoms with Crippen molar-refractivity contribution in [2.75, 3.05) is 0 Å². The van der Waals surface area contributed by atoms with E-state index in [1.165, 1.54) is 0 Å². The second-order valence-corrected chi connectivity index (χ2v) is 9.86. The number of hydrogen-bond donors (Lipinski definition) is 6. The van der Waals surface area contributed by atoms with Gasteiger partial charge in [0.1, 0.15) is 0 Å². The van der Waals surface area contributed by atoms with Gasteiger partial charge in [-0.05, 0) is 70.7 Å². The molecule has 0 aliphatic rings. The summed E-state index contributed by atoms with van der Waals surface area (Å²) in [7, 11) is 0. The zero-order valence-electron chi connectivity index (χ0n) is 23.1. The Morgan fingerprint density at radius 1 is 0.757 bits per heavy atom. The number of hydrogen-bond acceptors (Lipinski definition) is 6. The Labute approximate surface area is 221 Å². The molecule has 0 aliphatic heterocycles. The molecule has 210 valence electrons. The van der Waals surface area contributed by atoms with Crippen LogP contribution in [-0.2, 0) is 0 Å². The van der Waals surface area contributed by atoms with Crippen LogP contribution < -0.4 is 0 Å². The quantitative estimate of drug-likeness (QED) is 0.287. The molecule has 0 radical (unpaired) electrons. The topological polar surface area (TPSA) is 156 Å². The van der Waals surface area contributed by atoms with Gasteiger partial charge in [-0.2, -0.15) is 0 Å². The molecular weight excluding hydrogens is 476 g/mol. The van der Waals surface area contributed by atoms with Crippen molar-refractivity contribution in [1.82, 2.24) is 0 Å². The van der Waals surface area contributed by atoms with Gasteiger partial charge in [-0.1, -0.05) is 63.6 Å². The number of carbonyl (C=O) groups is 2. The number of carboxylic acid groups (broad SMARTS) is 2. The molecule has 0 heterocycles. The van der Waals surface area contributed by atoms with Crippen LogP contribution in [0.15, 0.2) is 60.7 Å². The molecule has 0 bridgehead atoms. The lowest BCUT2D eigenvalue weighted by Crippen LogP contribution is -2.47. The first kappa shape index (κ1) is 36.4. The van der Waals surface area contributed by atoms with Gasteiger partial charge in [0, 0.05) is 0 Å². The SMILES string of the molecule is CC(C)CC(O)C(C)O.CCCC(C)(O)C(C)(C)O.O=C(O)c1ccccc1.O=C(O)c1ccccc1. The van der Waals surface area contributed by atoms with Crippen molar-refractivity contribution in [3.05, 3.63) is 71.8 Å². The van der Waals surface area contributed by atoms with Crippen LogP contribution in [0.25, 0.3) is 0 Å². The first-order chi connectivity index (χ1) is 17.0. The van der Waals surface area contributed by atoms with Crippen molar-refractivity contribution in [3.8, 4) is 0 Å². The fourth-order valence-electron chi connectivity index (χ4n) is 2.63. The molecule has 3 atom stereocenters. The number of benzene rings is 2. The Hall–Kier alpha value is -2.78. The highest BCUT2D eigenvalue weighted by molar-refractivity contribution is 5.87. The molecule has 8 nitrogen and oxygen atoms in total. The van der Waals surface area contributed by atoms with E-state index in [0.29, 0.717) is 29.9 Å². The molecule has 0 amide bonds. The minimum absolute atomic E-state index is 0.331. The second kappa shape index (κ2) is 18.5. The van der Waals surface area contributed by atoms with Crippen LogP contribution in [0, 0.1) is 5.92 Å². The van der Waals surface area contributed by atoms with Crippen molar-refractivity contribution < 1.29 is 40.2 Å². The van der Waals surface area contributed by atoms with E-state index in [4.69, 9.17) is 20.4 Å². The maximum absolute atomic E-state index is 10.2. The van der Waals surface area contributed by atoms with E-state index in [1.807, 2.05) is 20.8 Å². The number of carboxylic acids is 2. The normalized spacial score (nSPS) is 13.7. The summed E-state index contributed by atoms with van der Waals surface area (Å²) in [5, 5.41) is 53.7. The predicted octanol–water partition coefficient (Wildman–Crippen LogP) is 4.85. The highest BCUT2D eigenvalue weighted by Gasteiger charge is 2.36. The number of aliphatic hydroxyl groups is 4. The minimum atomic E-state index is -0.997. The van der Waals surface area contributed by atoms with Crippen LogP contribution in [0.4, 0.5) is 0 Å². The Bertz CT molecular complexity index is 807. The summed E-state index contributed by atoms with van der Waals surface area (Å²) in [6.45, 7) is 12.5.